The van der Waals surface area contributed by atoms with Crippen LogP contribution in [0.25, 0.3) is 11.0 Å². The lowest BCUT2D eigenvalue weighted by Gasteiger charge is -2.27. The van der Waals surface area contributed by atoms with Crippen LogP contribution in [0.15, 0.2) is 53.3 Å². The molecule has 2 aromatic carbocycles. The van der Waals surface area contributed by atoms with Gasteiger partial charge >= 0.3 is 5.69 Å². The van der Waals surface area contributed by atoms with Crippen molar-refractivity contribution in [3.63, 3.8) is 0 Å². The minimum Gasteiger partial charge on any atom is -0.381 e. The van der Waals surface area contributed by atoms with E-state index in [0.717, 1.165) is 38.0 Å². The molecule has 3 aromatic rings. The van der Waals surface area contributed by atoms with Crippen molar-refractivity contribution in [2.75, 3.05) is 13.2 Å². The lowest BCUT2D eigenvalue weighted by atomic mass is 9.89. The molecule has 4 rings (SSSR count). The fourth-order valence-electron chi connectivity index (χ4n) is 3.69. The predicted molar refractivity (Wildman–Crippen MR) is 104 cm³/mol. The molecule has 1 aliphatic rings. The summed E-state index contributed by atoms with van der Waals surface area (Å²) in [5.74, 6) is 0.396. The van der Waals surface area contributed by atoms with Crippen LogP contribution >= 0.6 is 0 Å². The van der Waals surface area contributed by atoms with Gasteiger partial charge in [-0.25, -0.2) is 4.79 Å². The fourth-order valence-corrected chi connectivity index (χ4v) is 3.69. The molecule has 2 heterocycles. The average Bonchev–Trinajstić information content (AvgIpc) is 3.08. The Balaban J connectivity index is 1.55. The summed E-state index contributed by atoms with van der Waals surface area (Å²) < 4.78 is 5.46. The molecule has 1 aromatic heterocycles. The number of aromatic amines is 2. The molecular weight excluding hydrogens is 342 g/mol. The maximum atomic E-state index is 12.9. The number of carbonyl (C=O) groups excluding carboxylic acids is 1. The van der Waals surface area contributed by atoms with Crippen molar-refractivity contribution in [1.29, 1.82) is 0 Å². The molecule has 0 radical (unpaired) electrons. The molecular formula is C21H23N3O3. The maximum Gasteiger partial charge on any atom is 0.323 e. The van der Waals surface area contributed by atoms with Gasteiger partial charge < -0.3 is 20.0 Å². The highest BCUT2D eigenvalue weighted by molar-refractivity contribution is 5.97. The van der Waals surface area contributed by atoms with Crippen LogP contribution in [0.3, 0.4) is 0 Å². The van der Waals surface area contributed by atoms with Crippen molar-refractivity contribution < 1.29 is 9.53 Å². The first kappa shape index (κ1) is 17.5. The van der Waals surface area contributed by atoms with Crippen LogP contribution in [-0.4, -0.2) is 29.1 Å². The molecule has 140 valence electrons. The van der Waals surface area contributed by atoms with E-state index in [0.29, 0.717) is 22.5 Å². The van der Waals surface area contributed by atoms with Gasteiger partial charge in [-0.2, -0.15) is 0 Å². The van der Waals surface area contributed by atoms with E-state index >= 15 is 0 Å². The highest BCUT2D eigenvalue weighted by atomic mass is 16.5. The summed E-state index contributed by atoms with van der Waals surface area (Å²) in [5.41, 5.74) is 2.69. The molecule has 0 bridgehead atoms. The minimum atomic E-state index is -0.274. The van der Waals surface area contributed by atoms with E-state index in [4.69, 9.17) is 4.74 Å². The third kappa shape index (κ3) is 4.11. The second-order valence-electron chi connectivity index (χ2n) is 7.07. The zero-order valence-electron chi connectivity index (χ0n) is 15.0. The van der Waals surface area contributed by atoms with E-state index in [1.165, 1.54) is 0 Å². The molecule has 1 atom stereocenters. The first-order valence-corrected chi connectivity index (χ1v) is 9.34. The normalized spacial score (nSPS) is 16.3. The fraction of sp³-hybridized carbons (Fsp3) is 0.333. The Morgan fingerprint density at radius 3 is 2.59 bits per heavy atom. The number of ether oxygens (including phenoxy) is 1. The van der Waals surface area contributed by atoms with E-state index in [-0.39, 0.29) is 17.6 Å². The van der Waals surface area contributed by atoms with Gasteiger partial charge in [-0.05, 0) is 48.9 Å². The number of benzene rings is 2. The minimum absolute atomic E-state index is 0.0530. The molecule has 1 saturated heterocycles. The maximum absolute atomic E-state index is 12.9. The van der Waals surface area contributed by atoms with Crippen LogP contribution in [0.1, 0.15) is 41.2 Å². The summed E-state index contributed by atoms with van der Waals surface area (Å²) in [6.07, 6.45) is 2.94. The summed E-state index contributed by atoms with van der Waals surface area (Å²) >= 11 is 0. The standard InChI is InChI=1S/C21H23N3O3/c25-20(16-6-7-17-19(13-16)24-21(26)23-17)22-18(15-4-2-1-3-5-15)12-14-8-10-27-11-9-14/h1-7,13-14,18H,8-12H2,(H,22,25)(H2,23,24,26). The van der Waals surface area contributed by atoms with Gasteiger partial charge in [0.2, 0.25) is 0 Å². The van der Waals surface area contributed by atoms with Gasteiger partial charge in [-0.3, -0.25) is 4.79 Å². The van der Waals surface area contributed by atoms with Gasteiger partial charge in [0.05, 0.1) is 17.1 Å². The van der Waals surface area contributed by atoms with Gasteiger partial charge in [-0.1, -0.05) is 30.3 Å². The largest absolute Gasteiger partial charge is 0.381 e. The Kier molecular flexibility index (Phi) is 5.07. The van der Waals surface area contributed by atoms with Crippen molar-refractivity contribution >= 4 is 16.9 Å². The quantitative estimate of drug-likeness (QED) is 0.649. The van der Waals surface area contributed by atoms with Gasteiger partial charge in [0.25, 0.3) is 5.91 Å². The average molecular weight is 365 g/mol. The number of carbonyl (C=O) groups is 1. The van der Waals surface area contributed by atoms with Crippen LogP contribution in [0, 0.1) is 5.92 Å². The van der Waals surface area contributed by atoms with Crippen molar-refractivity contribution in [3.8, 4) is 0 Å². The summed E-state index contributed by atoms with van der Waals surface area (Å²) in [5, 5.41) is 3.19. The third-order valence-electron chi connectivity index (χ3n) is 5.20. The Labute approximate surface area is 156 Å². The molecule has 0 aliphatic carbocycles. The molecule has 3 N–H and O–H groups in total. The molecule has 0 spiro atoms. The number of hydrogen-bond acceptors (Lipinski definition) is 3. The molecule has 1 aliphatic heterocycles. The lowest BCUT2D eigenvalue weighted by molar-refractivity contribution is 0.0597. The Morgan fingerprint density at radius 1 is 1.07 bits per heavy atom. The van der Waals surface area contributed by atoms with E-state index in [9.17, 15) is 9.59 Å². The van der Waals surface area contributed by atoms with Gasteiger partial charge in [0, 0.05) is 18.8 Å². The monoisotopic (exact) mass is 365 g/mol. The van der Waals surface area contributed by atoms with Crippen molar-refractivity contribution in [2.24, 2.45) is 5.92 Å². The molecule has 6 heteroatoms. The van der Waals surface area contributed by atoms with E-state index in [1.54, 1.807) is 18.2 Å². The van der Waals surface area contributed by atoms with Crippen LogP contribution < -0.4 is 11.0 Å². The number of fused-ring (bicyclic) bond motifs is 1. The Hall–Kier alpha value is -2.86. The van der Waals surface area contributed by atoms with Gasteiger partial charge in [0.15, 0.2) is 0 Å². The third-order valence-corrected chi connectivity index (χ3v) is 5.20. The first-order chi connectivity index (χ1) is 13.2. The van der Waals surface area contributed by atoms with Crippen molar-refractivity contribution in [2.45, 2.75) is 25.3 Å². The van der Waals surface area contributed by atoms with Gasteiger partial charge in [0.1, 0.15) is 0 Å². The summed E-state index contributed by atoms with van der Waals surface area (Å²) in [7, 11) is 0. The lowest BCUT2D eigenvalue weighted by Crippen LogP contribution is -2.31. The second-order valence-corrected chi connectivity index (χ2v) is 7.07. The molecule has 1 fully saturated rings. The molecule has 6 nitrogen and oxygen atoms in total. The number of nitrogens with one attached hydrogen (secondary N) is 3. The highest BCUT2D eigenvalue weighted by Crippen LogP contribution is 2.28. The number of amides is 1. The van der Waals surface area contributed by atoms with Crippen LogP contribution in [-0.2, 0) is 4.74 Å². The van der Waals surface area contributed by atoms with Crippen molar-refractivity contribution in [1.82, 2.24) is 15.3 Å². The molecule has 0 saturated carbocycles. The zero-order chi connectivity index (χ0) is 18.6. The van der Waals surface area contributed by atoms with E-state index in [1.807, 2.05) is 18.2 Å². The van der Waals surface area contributed by atoms with Crippen LogP contribution in [0.4, 0.5) is 0 Å². The highest BCUT2D eigenvalue weighted by Gasteiger charge is 2.22. The SMILES string of the molecule is O=C(NC(CC1CCOCC1)c1ccccc1)c1ccc2[nH]c(=O)[nH]c2c1. The zero-order valence-corrected chi connectivity index (χ0v) is 15.0. The summed E-state index contributed by atoms with van der Waals surface area (Å²) in [6, 6.07) is 15.2. The topological polar surface area (TPSA) is 87.0 Å². The second kappa shape index (κ2) is 7.80. The Morgan fingerprint density at radius 2 is 1.81 bits per heavy atom. The molecule has 27 heavy (non-hydrogen) atoms. The number of H-pyrrole nitrogens is 2. The predicted octanol–water partition coefficient (Wildman–Crippen LogP) is 3.14. The number of rotatable bonds is 5. The van der Waals surface area contributed by atoms with E-state index < -0.39 is 0 Å². The summed E-state index contributed by atoms with van der Waals surface area (Å²) in [4.78, 5) is 29.7. The first-order valence-electron chi connectivity index (χ1n) is 9.34. The summed E-state index contributed by atoms with van der Waals surface area (Å²) in [6.45, 7) is 1.58. The molecule has 1 unspecified atom stereocenters. The smallest absolute Gasteiger partial charge is 0.323 e. The van der Waals surface area contributed by atoms with Gasteiger partial charge in [-0.15, -0.1) is 0 Å². The number of aromatic nitrogens is 2. The Bertz CT molecular complexity index is 971. The number of hydrogen-bond donors (Lipinski definition) is 3. The van der Waals surface area contributed by atoms with Crippen molar-refractivity contribution in [3.05, 3.63) is 70.1 Å². The molecule has 1 amide bonds. The number of imidazole rings is 1. The van der Waals surface area contributed by atoms with Crippen LogP contribution in [0.2, 0.25) is 0 Å². The van der Waals surface area contributed by atoms with Crippen LogP contribution in [0.5, 0.6) is 0 Å². The van der Waals surface area contributed by atoms with E-state index in [2.05, 4.69) is 27.4 Å².